The Kier molecular flexibility index (Phi) is 12.6. The predicted octanol–water partition coefficient (Wildman–Crippen LogP) is 3.99. The number of hydrogen-bond acceptors (Lipinski definition) is 7. The fourth-order valence-corrected chi connectivity index (χ4v) is 3.90. The highest BCUT2D eigenvalue weighted by atomic mass is 16.6. The van der Waals surface area contributed by atoms with E-state index in [0.717, 1.165) is 0 Å². The molecule has 0 spiro atoms. The molecule has 0 fully saturated rings. The fraction of sp³-hybridized carbons (Fsp3) is 0.643. The lowest BCUT2D eigenvalue weighted by atomic mass is 9.94. The van der Waals surface area contributed by atoms with Crippen LogP contribution in [-0.4, -0.2) is 64.7 Å². The summed E-state index contributed by atoms with van der Waals surface area (Å²) in [5.74, 6) is -1.92. The number of nitrogens with zero attached hydrogens (tertiary/aromatic N) is 1. The van der Waals surface area contributed by atoms with Crippen LogP contribution in [-0.2, 0) is 23.9 Å². The second-order valence-electron chi connectivity index (χ2n) is 10.6. The number of amides is 3. The average molecular weight is 536 g/mol. The van der Waals surface area contributed by atoms with Gasteiger partial charge in [-0.3, -0.25) is 14.4 Å². The minimum Gasteiger partial charge on any atom is -0.507 e. The van der Waals surface area contributed by atoms with E-state index in [1.807, 2.05) is 13.8 Å². The number of carbonyl (C=O) groups is 4. The van der Waals surface area contributed by atoms with Gasteiger partial charge in [-0.2, -0.15) is 0 Å². The van der Waals surface area contributed by atoms with Crippen molar-refractivity contribution >= 4 is 23.9 Å². The van der Waals surface area contributed by atoms with E-state index in [2.05, 4.69) is 10.6 Å². The van der Waals surface area contributed by atoms with Crippen LogP contribution in [0.15, 0.2) is 18.2 Å². The Morgan fingerprint density at radius 3 is 2.24 bits per heavy atom. The molecule has 3 N–H and O–H groups in total. The molecule has 0 saturated carbocycles. The molecule has 0 aliphatic carbocycles. The van der Waals surface area contributed by atoms with Gasteiger partial charge in [0.1, 0.15) is 23.4 Å². The number of phenolic OH excluding ortho intramolecular Hbond substituents is 1. The number of phenols is 1. The lowest BCUT2D eigenvalue weighted by molar-refractivity contribution is -0.146. The number of esters is 1. The monoisotopic (exact) mass is 535 g/mol. The Morgan fingerprint density at radius 2 is 1.71 bits per heavy atom. The van der Waals surface area contributed by atoms with E-state index in [-0.39, 0.29) is 36.8 Å². The van der Waals surface area contributed by atoms with E-state index in [9.17, 15) is 24.3 Å². The number of hydrogen-bond donors (Lipinski definition) is 3. The largest absolute Gasteiger partial charge is 0.507 e. The highest BCUT2D eigenvalue weighted by molar-refractivity contribution is 5.93. The van der Waals surface area contributed by atoms with Gasteiger partial charge in [0.15, 0.2) is 0 Å². The van der Waals surface area contributed by atoms with E-state index in [4.69, 9.17) is 9.47 Å². The van der Waals surface area contributed by atoms with Gasteiger partial charge >= 0.3 is 12.1 Å². The molecule has 0 heterocycles. The fourth-order valence-electron chi connectivity index (χ4n) is 3.90. The van der Waals surface area contributed by atoms with E-state index in [1.165, 1.54) is 4.90 Å². The number of alkyl carbamates (subject to hydrolysis) is 1. The van der Waals surface area contributed by atoms with Crippen molar-refractivity contribution in [3.63, 3.8) is 0 Å². The summed E-state index contributed by atoms with van der Waals surface area (Å²) in [5.41, 5.74) is 0.00808. The number of ether oxygens (including phenoxy) is 2. The van der Waals surface area contributed by atoms with Crippen LogP contribution in [0.3, 0.4) is 0 Å². The lowest BCUT2D eigenvalue weighted by Crippen LogP contribution is -2.57. The van der Waals surface area contributed by atoms with Gasteiger partial charge in [0.25, 0.3) is 0 Å². The van der Waals surface area contributed by atoms with Crippen molar-refractivity contribution in [1.29, 1.82) is 0 Å². The van der Waals surface area contributed by atoms with Crippen LogP contribution in [0.5, 0.6) is 5.75 Å². The zero-order valence-electron chi connectivity index (χ0n) is 24.2. The molecular formula is C28H45N3O7. The molecule has 0 bridgehead atoms. The molecule has 214 valence electrons. The third-order valence-electron chi connectivity index (χ3n) is 5.99. The molecule has 10 nitrogen and oxygen atoms in total. The predicted molar refractivity (Wildman–Crippen MR) is 144 cm³/mol. The first kappa shape index (κ1) is 32.7. The molecule has 3 unspecified atom stereocenters. The maximum Gasteiger partial charge on any atom is 0.408 e. The summed E-state index contributed by atoms with van der Waals surface area (Å²) < 4.78 is 10.3. The molecule has 38 heavy (non-hydrogen) atoms. The zero-order valence-corrected chi connectivity index (χ0v) is 24.2. The van der Waals surface area contributed by atoms with Crippen molar-refractivity contribution in [3.05, 3.63) is 29.3 Å². The first-order valence-electron chi connectivity index (χ1n) is 13.2. The van der Waals surface area contributed by atoms with E-state index in [0.29, 0.717) is 12.0 Å². The molecule has 10 heteroatoms. The second-order valence-corrected chi connectivity index (χ2v) is 10.6. The molecule has 0 saturated heterocycles. The van der Waals surface area contributed by atoms with Crippen LogP contribution < -0.4 is 10.6 Å². The van der Waals surface area contributed by atoms with Gasteiger partial charge in [-0.25, -0.2) is 4.79 Å². The van der Waals surface area contributed by atoms with Crippen molar-refractivity contribution in [2.24, 2.45) is 5.92 Å². The third-order valence-corrected chi connectivity index (χ3v) is 5.99. The van der Waals surface area contributed by atoms with Crippen molar-refractivity contribution < 1.29 is 33.8 Å². The summed E-state index contributed by atoms with van der Waals surface area (Å²) in [6.45, 7) is 16.0. The van der Waals surface area contributed by atoms with Crippen LogP contribution >= 0.6 is 0 Å². The lowest BCUT2D eigenvalue weighted by Gasteiger charge is -2.38. The van der Waals surface area contributed by atoms with Gasteiger partial charge < -0.3 is 30.1 Å². The molecule has 0 aliphatic rings. The van der Waals surface area contributed by atoms with Crippen LogP contribution in [0.25, 0.3) is 0 Å². The van der Waals surface area contributed by atoms with Gasteiger partial charge in [-0.05, 0) is 59.9 Å². The van der Waals surface area contributed by atoms with Gasteiger partial charge in [0.05, 0.1) is 13.0 Å². The molecule has 3 amide bonds. The minimum absolute atomic E-state index is 0.00812. The van der Waals surface area contributed by atoms with Gasteiger partial charge in [-0.15, -0.1) is 0 Å². The molecule has 0 aliphatic heterocycles. The average Bonchev–Trinajstić information content (AvgIpc) is 2.80. The normalized spacial score (nSPS) is 13.7. The van der Waals surface area contributed by atoms with Crippen molar-refractivity contribution in [1.82, 2.24) is 15.5 Å². The molecule has 1 rings (SSSR count). The molecule has 3 atom stereocenters. The Hall–Kier alpha value is -3.30. The van der Waals surface area contributed by atoms with Crippen molar-refractivity contribution in [3.8, 4) is 5.75 Å². The first-order valence-corrected chi connectivity index (χ1v) is 13.2. The minimum atomic E-state index is -1.23. The number of para-hydroxylation sites is 1. The Balaban J connectivity index is 3.49. The zero-order chi connectivity index (χ0) is 29.2. The molecule has 0 aromatic heterocycles. The Morgan fingerprint density at radius 1 is 1.08 bits per heavy atom. The van der Waals surface area contributed by atoms with Gasteiger partial charge in [-0.1, -0.05) is 38.5 Å². The molecule has 1 aromatic rings. The Labute approximate surface area is 226 Å². The first-order chi connectivity index (χ1) is 17.6. The summed E-state index contributed by atoms with van der Waals surface area (Å²) in [6.07, 6.45) is -0.213. The topological polar surface area (TPSA) is 134 Å². The smallest absolute Gasteiger partial charge is 0.408 e. The number of aromatic hydroxyl groups is 1. The van der Waals surface area contributed by atoms with Crippen LogP contribution in [0.2, 0.25) is 0 Å². The third kappa shape index (κ3) is 9.54. The summed E-state index contributed by atoms with van der Waals surface area (Å²) in [6, 6.07) is 2.27. The van der Waals surface area contributed by atoms with Crippen LogP contribution in [0, 0.1) is 12.8 Å². The highest BCUT2D eigenvalue weighted by Crippen LogP contribution is 2.34. The summed E-state index contributed by atoms with van der Waals surface area (Å²) in [4.78, 5) is 53.5. The number of carbonyl (C=O) groups excluding carboxylic acids is 4. The van der Waals surface area contributed by atoms with Gasteiger partial charge in [0, 0.05) is 18.2 Å². The number of rotatable bonds is 12. The molecular weight excluding hydrogens is 490 g/mol. The number of nitrogens with one attached hydrogen (secondary N) is 2. The Bertz CT molecular complexity index is 972. The SMILES string of the molecule is CCOC(=O)CCNC(=O)C(c1cccc(C)c1O)N(C(=O)C(NC(=O)OC(C)(C)C)C(C)CC)C(C)C. The summed E-state index contributed by atoms with van der Waals surface area (Å²) >= 11 is 0. The maximum absolute atomic E-state index is 14.1. The van der Waals surface area contributed by atoms with Crippen LogP contribution in [0.1, 0.15) is 85.4 Å². The molecule has 1 aromatic carbocycles. The highest BCUT2D eigenvalue weighted by Gasteiger charge is 2.40. The number of aryl methyl sites for hydroxylation is 1. The second kappa shape index (κ2) is 14.6. The summed E-state index contributed by atoms with van der Waals surface area (Å²) in [5, 5.41) is 16.3. The van der Waals surface area contributed by atoms with Crippen molar-refractivity contribution in [2.45, 2.75) is 98.9 Å². The number of benzene rings is 1. The van der Waals surface area contributed by atoms with Crippen LogP contribution in [0.4, 0.5) is 4.79 Å². The van der Waals surface area contributed by atoms with Gasteiger partial charge in [0.2, 0.25) is 11.8 Å². The van der Waals surface area contributed by atoms with E-state index in [1.54, 1.807) is 66.7 Å². The molecule has 0 radical (unpaired) electrons. The van der Waals surface area contributed by atoms with E-state index < -0.39 is 47.6 Å². The maximum atomic E-state index is 14.1. The van der Waals surface area contributed by atoms with E-state index >= 15 is 0 Å². The quantitative estimate of drug-likeness (QED) is 0.345. The van der Waals surface area contributed by atoms with Crippen molar-refractivity contribution in [2.75, 3.05) is 13.2 Å². The standard InChI is InChI=1S/C28H45N3O7/c1-10-18(5)22(30-27(36)38-28(7,8)9)26(35)31(17(3)4)23(20-14-12-13-19(6)24(20)33)25(34)29-16-15-21(32)37-11-2/h12-14,17-18,22-23,33H,10-11,15-16H2,1-9H3,(H,29,34)(H,30,36). The summed E-state index contributed by atoms with van der Waals surface area (Å²) in [7, 11) is 0.